The monoisotopic (exact) mass is 342 g/mol. The Morgan fingerprint density at radius 1 is 0.864 bits per heavy atom. The van der Waals surface area contributed by atoms with Crippen molar-refractivity contribution >= 4 is 20.2 Å². The quantitative estimate of drug-likeness (QED) is 0.660. The van der Waals surface area contributed by atoms with Crippen molar-refractivity contribution in [1.29, 1.82) is 0 Å². The zero-order chi connectivity index (χ0) is 16.4. The Balaban J connectivity index is 2.10. The van der Waals surface area contributed by atoms with E-state index in [0.29, 0.717) is 5.56 Å². The molecule has 6 nitrogen and oxygen atoms in total. The maximum absolute atomic E-state index is 12.0. The van der Waals surface area contributed by atoms with Crippen molar-refractivity contribution in [3.8, 4) is 0 Å². The van der Waals surface area contributed by atoms with E-state index in [2.05, 4.69) is 0 Å². The zero-order valence-corrected chi connectivity index (χ0v) is 13.3. The summed E-state index contributed by atoms with van der Waals surface area (Å²) in [5.74, 6) is 0. The normalized spacial score (nSPS) is 12.3. The Kier molecular flexibility index (Phi) is 4.66. The molecule has 0 fully saturated rings. The third-order valence-electron chi connectivity index (χ3n) is 2.91. The second-order valence-electron chi connectivity index (χ2n) is 4.65. The van der Waals surface area contributed by atoms with Gasteiger partial charge in [0.05, 0.1) is 16.4 Å². The van der Waals surface area contributed by atoms with E-state index >= 15 is 0 Å². The van der Waals surface area contributed by atoms with Crippen LogP contribution in [0.3, 0.4) is 0 Å². The SMILES string of the molecule is Cc1ccc(S(=O)(=O)OCc2ccc(S(=O)(=O)O)cc2)cc1. The van der Waals surface area contributed by atoms with Crippen molar-refractivity contribution in [2.75, 3.05) is 0 Å². The summed E-state index contributed by atoms with van der Waals surface area (Å²) in [7, 11) is -8.15. The lowest BCUT2D eigenvalue weighted by atomic mass is 10.2. The van der Waals surface area contributed by atoms with Crippen molar-refractivity contribution in [1.82, 2.24) is 0 Å². The van der Waals surface area contributed by atoms with Crippen LogP contribution in [-0.2, 0) is 31.0 Å². The van der Waals surface area contributed by atoms with Crippen LogP contribution in [0.1, 0.15) is 11.1 Å². The lowest BCUT2D eigenvalue weighted by Gasteiger charge is -2.06. The lowest BCUT2D eigenvalue weighted by Crippen LogP contribution is -2.06. The molecule has 118 valence electrons. The topological polar surface area (TPSA) is 97.7 Å². The summed E-state index contributed by atoms with van der Waals surface area (Å²) in [6, 6.07) is 11.3. The summed E-state index contributed by atoms with van der Waals surface area (Å²) < 4.78 is 59.6. The van der Waals surface area contributed by atoms with Gasteiger partial charge in [-0.2, -0.15) is 16.8 Å². The zero-order valence-electron chi connectivity index (χ0n) is 11.6. The molecule has 0 amide bonds. The molecule has 2 rings (SSSR count). The Morgan fingerprint density at radius 3 is 1.86 bits per heavy atom. The highest BCUT2D eigenvalue weighted by molar-refractivity contribution is 7.86. The Morgan fingerprint density at radius 2 is 1.36 bits per heavy atom. The molecule has 0 saturated heterocycles. The minimum absolute atomic E-state index is 0.0488. The molecule has 0 aromatic heterocycles. The summed E-state index contributed by atoms with van der Waals surface area (Å²) in [4.78, 5) is -0.217. The van der Waals surface area contributed by atoms with Gasteiger partial charge in [-0.3, -0.25) is 8.74 Å². The van der Waals surface area contributed by atoms with Crippen LogP contribution in [-0.4, -0.2) is 21.4 Å². The maximum atomic E-state index is 12.0. The molecule has 2 aromatic carbocycles. The minimum Gasteiger partial charge on any atom is -0.282 e. The van der Waals surface area contributed by atoms with Crippen molar-refractivity contribution in [2.24, 2.45) is 0 Å². The summed E-state index contributed by atoms with van der Waals surface area (Å²) in [6.07, 6.45) is 0. The van der Waals surface area contributed by atoms with E-state index in [4.69, 9.17) is 8.74 Å². The first-order valence-electron chi connectivity index (χ1n) is 6.21. The van der Waals surface area contributed by atoms with Crippen molar-refractivity contribution in [3.05, 3.63) is 59.7 Å². The average molecular weight is 342 g/mol. The molecule has 2 aromatic rings. The molecule has 0 atom stereocenters. The van der Waals surface area contributed by atoms with Crippen LogP contribution in [0.25, 0.3) is 0 Å². The largest absolute Gasteiger partial charge is 0.297 e. The van der Waals surface area contributed by atoms with Gasteiger partial charge in [0.2, 0.25) is 0 Å². The van der Waals surface area contributed by atoms with Gasteiger partial charge in [0.1, 0.15) is 0 Å². The van der Waals surface area contributed by atoms with Gasteiger partial charge in [-0.25, -0.2) is 0 Å². The van der Waals surface area contributed by atoms with Crippen LogP contribution in [0.4, 0.5) is 0 Å². The van der Waals surface area contributed by atoms with E-state index in [0.717, 1.165) is 5.56 Å². The molecule has 0 radical (unpaired) electrons. The standard InChI is InChI=1S/C14H14O6S2/c1-11-2-6-14(7-3-11)22(18,19)20-10-12-4-8-13(9-5-12)21(15,16)17/h2-9H,10H2,1H3,(H,15,16,17). The van der Waals surface area contributed by atoms with E-state index in [1.807, 2.05) is 6.92 Å². The van der Waals surface area contributed by atoms with E-state index in [9.17, 15) is 16.8 Å². The number of rotatable bonds is 5. The first-order valence-corrected chi connectivity index (χ1v) is 9.06. The van der Waals surface area contributed by atoms with Crippen LogP contribution in [0, 0.1) is 6.92 Å². The van der Waals surface area contributed by atoms with Crippen LogP contribution in [0.15, 0.2) is 58.3 Å². The highest BCUT2D eigenvalue weighted by Crippen LogP contribution is 2.16. The maximum Gasteiger partial charge on any atom is 0.297 e. The number of hydrogen-bond donors (Lipinski definition) is 1. The fourth-order valence-corrected chi connectivity index (χ4v) is 3.05. The number of aryl methyl sites for hydroxylation is 1. The Labute approximate surface area is 129 Å². The predicted molar refractivity (Wildman–Crippen MR) is 79.4 cm³/mol. The van der Waals surface area contributed by atoms with Gasteiger partial charge in [0.25, 0.3) is 20.2 Å². The van der Waals surface area contributed by atoms with E-state index in [1.165, 1.54) is 36.4 Å². The number of benzene rings is 2. The molecule has 0 spiro atoms. The van der Waals surface area contributed by atoms with Crippen LogP contribution in [0.5, 0.6) is 0 Å². The summed E-state index contributed by atoms with van der Waals surface area (Å²) in [6.45, 7) is 1.61. The molecular weight excluding hydrogens is 328 g/mol. The second kappa shape index (κ2) is 6.17. The molecule has 22 heavy (non-hydrogen) atoms. The lowest BCUT2D eigenvalue weighted by molar-refractivity contribution is 0.308. The van der Waals surface area contributed by atoms with E-state index < -0.39 is 20.2 Å². The predicted octanol–water partition coefficient (Wildman–Crippen LogP) is 2.15. The third-order valence-corrected chi connectivity index (χ3v) is 5.06. The van der Waals surface area contributed by atoms with Crippen molar-refractivity contribution in [3.63, 3.8) is 0 Å². The smallest absolute Gasteiger partial charge is 0.282 e. The molecule has 0 saturated carbocycles. The van der Waals surface area contributed by atoms with Gasteiger partial charge in [0.15, 0.2) is 0 Å². The average Bonchev–Trinajstić information content (AvgIpc) is 2.45. The Bertz CT molecular complexity index is 851. The fourth-order valence-electron chi connectivity index (χ4n) is 1.68. The highest BCUT2D eigenvalue weighted by Gasteiger charge is 2.15. The molecule has 1 N–H and O–H groups in total. The summed E-state index contributed by atoms with van der Waals surface area (Å²) in [5, 5.41) is 0. The van der Waals surface area contributed by atoms with Crippen LogP contribution >= 0.6 is 0 Å². The summed E-state index contributed by atoms with van der Waals surface area (Å²) in [5.41, 5.74) is 1.39. The highest BCUT2D eigenvalue weighted by atomic mass is 32.2. The van der Waals surface area contributed by atoms with Crippen LogP contribution < -0.4 is 0 Å². The third kappa shape index (κ3) is 4.14. The summed E-state index contributed by atoms with van der Waals surface area (Å²) >= 11 is 0. The molecular formula is C14H14O6S2. The molecule has 0 heterocycles. The van der Waals surface area contributed by atoms with E-state index in [1.54, 1.807) is 12.1 Å². The van der Waals surface area contributed by atoms with Crippen LogP contribution in [0.2, 0.25) is 0 Å². The first-order chi connectivity index (χ1) is 10.2. The Hall–Kier alpha value is -1.74. The van der Waals surface area contributed by atoms with Gasteiger partial charge >= 0.3 is 0 Å². The molecule has 0 aliphatic carbocycles. The van der Waals surface area contributed by atoms with E-state index in [-0.39, 0.29) is 16.4 Å². The van der Waals surface area contributed by atoms with Gasteiger partial charge in [-0.1, -0.05) is 29.8 Å². The minimum atomic E-state index is -4.27. The second-order valence-corrected chi connectivity index (χ2v) is 7.69. The van der Waals surface area contributed by atoms with Gasteiger partial charge in [0, 0.05) is 0 Å². The number of hydrogen-bond acceptors (Lipinski definition) is 5. The molecule has 0 bridgehead atoms. The van der Waals surface area contributed by atoms with Crippen molar-refractivity contribution in [2.45, 2.75) is 23.3 Å². The van der Waals surface area contributed by atoms with Crippen molar-refractivity contribution < 1.29 is 25.6 Å². The molecule has 0 aliphatic heterocycles. The first kappa shape index (κ1) is 16.6. The molecule has 8 heteroatoms. The van der Waals surface area contributed by atoms with Gasteiger partial charge in [-0.15, -0.1) is 0 Å². The molecule has 0 unspecified atom stereocenters. The van der Waals surface area contributed by atoms with Gasteiger partial charge in [-0.05, 0) is 36.8 Å². The molecule has 0 aliphatic rings. The van der Waals surface area contributed by atoms with Gasteiger partial charge < -0.3 is 0 Å². The fraction of sp³-hybridized carbons (Fsp3) is 0.143.